The van der Waals surface area contributed by atoms with Gasteiger partial charge in [0.25, 0.3) is 0 Å². The number of thiophene rings is 1. The summed E-state index contributed by atoms with van der Waals surface area (Å²) in [7, 11) is 0. The van der Waals surface area contributed by atoms with Gasteiger partial charge in [0.1, 0.15) is 6.54 Å². The lowest BCUT2D eigenvalue weighted by Crippen LogP contribution is -2.47. The Hall–Kier alpha value is -1.57. The summed E-state index contributed by atoms with van der Waals surface area (Å²) in [6.45, 7) is -1.24. The molecule has 0 spiro atoms. The number of halogens is 3. The van der Waals surface area contributed by atoms with Crippen LogP contribution in [0.5, 0.6) is 0 Å². The predicted molar refractivity (Wildman–Crippen MR) is 76.5 cm³/mol. The van der Waals surface area contributed by atoms with Crippen LogP contribution >= 0.6 is 11.3 Å². The van der Waals surface area contributed by atoms with Crippen LogP contribution < -0.4 is 10.6 Å². The Balaban J connectivity index is 1.90. The fourth-order valence-corrected chi connectivity index (χ4v) is 3.55. The molecule has 0 aromatic carbocycles. The zero-order valence-corrected chi connectivity index (χ0v) is 12.6. The summed E-state index contributed by atoms with van der Waals surface area (Å²) in [6, 6.07) is 1.99. The number of nitrogens with one attached hydrogen (secondary N) is 2. The van der Waals surface area contributed by atoms with Crippen molar-refractivity contribution < 1.29 is 22.8 Å². The zero-order chi connectivity index (χ0) is 16.2. The Morgan fingerprint density at radius 2 is 1.82 bits per heavy atom. The molecule has 1 aromatic heterocycles. The summed E-state index contributed by atoms with van der Waals surface area (Å²) in [5.41, 5.74) is 0.908. The van der Waals surface area contributed by atoms with E-state index >= 15 is 0 Å². The Kier molecular flexibility index (Phi) is 5.10. The van der Waals surface area contributed by atoms with E-state index in [9.17, 15) is 22.8 Å². The molecule has 8 heteroatoms. The molecule has 2 amide bonds. The van der Waals surface area contributed by atoms with E-state index in [-0.39, 0.29) is 12.0 Å². The third-order valence-electron chi connectivity index (χ3n) is 3.94. The van der Waals surface area contributed by atoms with E-state index in [1.54, 1.807) is 16.7 Å². The molecule has 0 aliphatic heterocycles. The fourth-order valence-electron chi connectivity index (χ4n) is 2.78. The maximum Gasteiger partial charge on any atom is 0.405 e. The first kappa shape index (κ1) is 16.8. The highest BCUT2D eigenvalue weighted by molar-refractivity contribution is 7.08. The first-order valence-corrected chi connectivity index (χ1v) is 7.92. The minimum atomic E-state index is -4.53. The second-order valence-electron chi connectivity index (χ2n) is 5.48. The van der Waals surface area contributed by atoms with Gasteiger partial charge in [-0.25, -0.2) is 0 Å². The molecule has 1 heterocycles. The van der Waals surface area contributed by atoms with Crippen molar-refractivity contribution in [2.75, 3.05) is 13.1 Å². The second kappa shape index (κ2) is 6.68. The summed E-state index contributed by atoms with van der Waals surface area (Å²) in [6.07, 6.45) is -0.667. The number of alkyl halides is 3. The lowest BCUT2D eigenvalue weighted by molar-refractivity contribution is -0.146. The number of hydrogen-bond donors (Lipinski definition) is 2. The molecule has 0 bridgehead atoms. The van der Waals surface area contributed by atoms with Gasteiger partial charge in [-0.3, -0.25) is 9.59 Å². The van der Waals surface area contributed by atoms with E-state index in [4.69, 9.17) is 0 Å². The molecule has 1 aliphatic rings. The van der Waals surface area contributed by atoms with E-state index in [1.165, 1.54) is 0 Å². The minimum Gasteiger partial charge on any atom is -0.347 e. The van der Waals surface area contributed by atoms with Crippen molar-refractivity contribution in [3.05, 3.63) is 22.4 Å². The quantitative estimate of drug-likeness (QED) is 0.831. The first-order valence-electron chi connectivity index (χ1n) is 6.98. The number of rotatable bonds is 4. The number of carbonyl (C=O) groups excluding carboxylic acids is 2. The predicted octanol–water partition coefficient (Wildman–Crippen LogP) is 2.35. The molecule has 2 rings (SSSR count). The van der Waals surface area contributed by atoms with E-state index in [2.05, 4.69) is 5.32 Å². The van der Waals surface area contributed by atoms with Gasteiger partial charge in [-0.1, -0.05) is 12.8 Å². The molecule has 0 atom stereocenters. The first-order chi connectivity index (χ1) is 10.3. The topological polar surface area (TPSA) is 58.2 Å². The van der Waals surface area contributed by atoms with Gasteiger partial charge in [0.05, 0.1) is 0 Å². The van der Waals surface area contributed by atoms with Crippen molar-refractivity contribution in [2.45, 2.75) is 37.3 Å². The maximum atomic E-state index is 12.0. The van der Waals surface area contributed by atoms with Crippen molar-refractivity contribution in [1.29, 1.82) is 0 Å². The van der Waals surface area contributed by atoms with Crippen LogP contribution in [0.25, 0.3) is 0 Å². The molecule has 2 N–H and O–H groups in total. The van der Waals surface area contributed by atoms with Gasteiger partial charge < -0.3 is 10.6 Å². The summed E-state index contributed by atoms with van der Waals surface area (Å²) in [5, 5.41) is 8.01. The van der Waals surface area contributed by atoms with E-state index in [1.807, 2.05) is 16.8 Å². The normalized spacial score (nSPS) is 17.2. The monoisotopic (exact) mass is 334 g/mol. The SMILES string of the molecule is O=C(NCC(F)(F)F)C(=O)NCC1(c2ccsc2)CCCC1. The molecule has 1 fully saturated rings. The highest BCUT2D eigenvalue weighted by Crippen LogP contribution is 2.41. The number of hydrogen-bond acceptors (Lipinski definition) is 3. The summed E-state index contributed by atoms with van der Waals surface area (Å²) < 4.78 is 36.0. The molecule has 0 unspecified atom stereocenters. The summed E-state index contributed by atoms with van der Waals surface area (Å²) in [4.78, 5) is 23.0. The van der Waals surface area contributed by atoms with Crippen LogP contribution in [0, 0.1) is 0 Å². The van der Waals surface area contributed by atoms with Gasteiger partial charge in [0.2, 0.25) is 0 Å². The molecular weight excluding hydrogens is 317 g/mol. The van der Waals surface area contributed by atoms with E-state index < -0.39 is 24.5 Å². The van der Waals surface area contributed by atoms with Crippen LogP contribution in [-0.4, -0.2) is 31.1 Å². The molecule has 122 valence electrons. The van der Waals surface area contributed by atoms with E-state index in [0.29, 0.717) is 0 Å². The lowest BCUT2D eigenvalue weighted by atomic mass is 9.80. The Labute approximate surface area is 130 Å². The smallest absolute Gasteiger partial charge is 0.347 e. The summed E-state index contributed by atoms with van der Waals surface area (Å²) in [5.74, 6) is -2.28. The number of amides is 2. The van der Waals surface area contributed by atoms with Crippen LogP contribution in [0.3, 0.4) is 0 Å². The molecule has 0 radical (unpaired) electrons. The molecule has 4 nitrogen and oxygen atoms in total. The second-order valence-corrected chi connectivity index (χ2v) is 6.26. The van der Waals surface area contributed by atoms with Crippen molar-refractivity contribution in [1.82, 2.24) is 10.6 Å². The Morgan fingerprint density at radius 1 is 1.18 bits per heavy atom. The van der Waals surface area contributed by atoms with E-state index in [0.717, 1.165) is 31.2 Å². The average Bonchev–Trinajstić information content (AvgIpc) is 3.12. The molecule has 1 aliphatic carbocycles. The average molecular weight is 334 g/mol. The van der Waals surface area contributed by atoms with Gasteiger partial charge in [-0.05, 0) is 35.2 Å². The van der Waals surface area contributed by atoms with Gasteiger partial charge in [0, 0.05) is 12.0 Å². The van der Waals surface area contributed by atoms with Crippen LogP contribution in [0.4, 0.5) is 13.2 Å². The Bertz CT molecular complexity index is 523. The van der Waals surface area contributed by atoms with Gasteiger partial charge >= 0.3 is 18.0 Å². The minimum absolute atomic E-state index is 0.208. The highest BCUT2D eigenvalue weighted by Gasteiger charge is 2.37. The molecule has 0 saturated heterocycles. The van der Waals surface area contributed by atoms with Crippen LogP contribution in [0.1, 0.15) is 31.2 Å². The zero-order valence-electron chi connectivity index (χ0n) is 11.8. The standard InChI is InChI=1S/C14H17F3N2O2S/c15-14(16,17)9-19-12(21)11(20)18-8-13(4-1-2-5-13)10-3-6-22-7-10/h3,6-7H,1-2,4-5,8-9H2,(H,18,20)(H,19,21). The van der Waals surface area contributed by atoms with Crippen LogP contribution in [0.2, 0.25) is 0 Å². The molecular formula is C14H17F3N2O2S. The lowest BCUT2D eigenvalue weighted by Gasteiger charge is -2.28. The van der Waals surface area contributed by atoms with Crippen molar-refractivity contribution in [3.63, 3.8) is 0 Å². The molecule has 1 saturated carbocycles. The van der Waals surface area contributed by atoms with Gasteiger partial charge in [0.15, 0.2) is 0 Å². The maximum absolute atomic E-state index is 12.0. The Morgan fingerprint density at radius 3 is 2.36 bits per heavy atom. The highest BCUT2D eigenvalue weighted by atomic mass is 32.1. The largest absolute Gasteiger partial charge is 0.405 e. The molecule has 22 heavy (non-hydrogen) atoms. The summed E-state index contributed by atoms with van der Waals surface area (Å²) >= 11 is 1.56. The fraction of sp³-hybridized carbons (Fsp3) is 0.571. The third kappa shape index (κ3) is 4.22. The van der Waals surface area contributed by atoms with Gasteiger partial charge in [-0.2, -0.15) is 24.5 Å². The molecule has 1 aromatic rings. The van der Waals surface area contributed by atoms with Gasteiger partial charge in [-0.15, -0.1) is 0 Å². The van der Waals surface area contributed by atoms with Crippen molar-refractivity contribution >= 4 is 23.2 Å². The van der Waals surface area contributed by atoms with Crippen molar-refractivity contribution in [2.24, 2.45) is 0 Å². The third-order valence-corrected chi connectivity index (χ3v) is 4.62. The van der Waals surface area contributed by atoms with Crippen molar-refractivity contribution in [3.8, 4) is 0 Å². The number of carbonyl (C=O) groups is 2. The van der Waals surface area contributed by atoms with Crippen LogP contribution in [-0.2, 0) is 15.0 Å². The van der Waals surface area contributed by atoms with Crippen LogP contribution in [0.15, 0.2) is 16.8 Å².